The van der Waals surface area contributed by atoms with Crippen molar-refractivity contribution in [3.8, 4) is 0 Å². The molecule has 0 aromatic heterocycles. The topological polar surface area (TPSA) is 98.5 Å². The Morgan fingerprint density at radius 3 is 2.30 bits per heavy atom. The number of amides is 2. The third kappa shape index (κ3) is 7.32. The average molecular weight is 408 g/mol. The molecule has 0 unspecified atom stereocenters. The molecule has 3 N–H and O–H groups in total. The Labute approximate surface area is 164 Å². The molecule has 9 heteroatoms. The van der Waals surface area contributed by atoms with Gasteiger partial charge in [-0.15, -0.1) is 23.5 Å². The lowest BCUT2D eigenvalue weighted by atomic mass is 10.3. The van der Waals surface area contributed by atoms with Crippen LogP contribution in [-0.2, 0) is 19.1 Å². The van der Waals surface area contributed by atoms with Gasteiger partial charge in [0.1, 0.15) is 5.82 Å². The first kappa shape index (κ1) is 20.8. The molecule has 0 aliphatic heterocycles. The molecule has 0 bridgehead atoms. The van der Waals surface area contributed by atoms with Crippen LogP contribution in [0.2, 0.25) is 0 Å². The standard InChI is InChI=1S/C18H17FN2O4S2/c19-12-5-1-3-7-14(12)27-11-18(24)25-9-17(23)21-13-6-2-4-8-15(13)26-10-16(20)22/h1-8H,9-11H2,(H2,20,22)(H,21,23). The normalized spacial score (nSPS) is 10.3. The zero-order valence-corrected chi connectivity index (χ0v) is 15.8. The van der Waals surface area contributed by atoms with Gasteiger partial charge in [0.15, 0.2) is 6.61 Å². The summed E-state index contributed by atoms with van der Waals surface area (Å²) in [6.07, 6.45) is 0. The molecule has 0 atom stereocenters. The van der Waals surface area contributed by atoms with Gasteiger partial charge in [-0.05, 0) is 24.3 Å². The average Bonchev–Trinajstić information content (AvgIpc) is 2.65. The van der Waals surface area contributed by atoms with Crippen molar-refractivity contribution in [3.05, 3.63) is 54.3 Å². The summed E-state index contributed by atoms with van der Waals surface area (Å²) >= 11 is 2.19. The Bertz CT molecular complexity index is 833. The Hall–Kier alpha value is -2.52. The number of carbonyl (C=O) groups excluding carboxylic acids is 3. The summed E-state index contributed by atoms with van der Waals surface area (Å²) in [5.41, 5.74) is 5.61. The van der Waals surface area contributed by atoms with Crippen LogP contribution in [0.1, 0.15) is 0 Å². The molecule has 2 aromatic carbocycles. The summed E-state index contributed by atoms with van der Waals surface area (Å²) < 4.78 is 18.4. The predicted octanol–water partition coefficient (Wildman–Crippen LogP) is 2.68. The zero-order chi connectivity index (χ0) is 19.6. The molecule has 0 radical (unpaired) electrons. The van der Waals surface area contributed by atoms with E-state index < -0.39 is 30.2 Å². The largest absolute Gasteiger partial charge is 0.455 e. The number of halogens is 1. The molecule has 2 aromatic rings. The SMILES string of the molecule is NC(=O)CSc1ccccc1NC(=O)COC(=O)CSc1ccccc1F. The summed E-state index contributed by atoms with van der Waals surface area (Å²) in [6, 6.07) is 13.0. The predicted molar refractivity (Wildman–Crippen MR) is 103 cm³/mol. The summed E-state index contributed by atoms with van der Waals surface area (Å²) in [6.45, 7) is -0.467. The van der Waals surface area contributed by atoms with E-state index in [1.54, 1.807) is 42.5 Å². The number of hydrogen-bond acceptors (Lipinski definition) is 6. The minimum atomic E-state index is -0.630. The Kier molecular flexibility index (Phi) is 8.15. The molecule has 0 heterocycles. The van der Waals surface area contributed by atoms with Crippen LogP contribution >= 0.6 is 23.5 Å². The quantitative estimate of drug-likeness (QED) is 0.489. The van der Waals surface area contributed by atoms with E-state index in [2.05, 4.69) is 5.32 Å². The van der Waals surface area contributed by atoms with E-state index >= 15 is 0 Å². The maximum atomic E-state index is 13.5. The second kappa shape index (κ2) is 10.6. The van der Waals surface area contributed by atoms with Crippen LogP contribution in [0.3, 0.4) is 0 Å². The second-order valence-electron chi connectivity index (χ2n) is 5.18. The fourth-order valence-electron chi connectivity index (χ4n) is 1.92. The second-order valence-corrected chi connectivity index (χ2v) is 7.21. The smallest absolute Gasteiger partial charge is 0.316 e. The first-order valence-electron chi connectivity index (χ1n) is 7.78. The number of nitrogens with one attached hydrogen (secondary N) is 1. The maximum absolute atomic E-state index is 13.5. The minimum Gasteiger partial charge on any atom is -0.455 e. The van der Waals surface area contributed by atoms with Crippen molar-refractivity contribution in [1.82, 2.24) is 0 Å². The van der Waals surface area contributed by atoms with Crippen LogP contribution in [0.5, 0.6) is 0 Å². The summed E-state index contributed by atoms with van der Waals surface area (Å²) in [5, 5.41) is 2.62. The van der Waals surface area contributed by atoms with E-state index in [-0.39, 0.29) is 11.5 Å². The Balaban J connectivity index is 1.80. The fourth-order valence-corrected chi connectivity index (χ4v) is 3.40. The van der Waals surface area contributed by atoms with E-state index in [0.29, 0.717) is 15.5 Å². The monoisotopic (exact) mass is 408 g/mol. The van der Waals surface area contributed by atoms with Crippen molar-refractivity contribution in [1.29, 1.82) is 0 Å². The first-order valence-corrected chi connectivity index (χ1v) is 9.75. The fraction of sp³-hybridized carbons (Fsp3) is 0.167. The number of benzene rings is 2. The van der Waals surface area contributed by atoms with Crippen molar-refractivity contribution in [2.24, 2.45) is 5.73 Å². The first-order chi connectivity index (χ1) is 13.0. The van der Waals surface area contributed by atoms with E-state index in [1.807, 2.05) is 0 Å². The number of ether oxygens (including phenoxy) is 1. The van der Waals surface area contributed by atoms with Crippen LogP contribution < -0.4 is 11.1 Å². The molecule has 0 aliphatic carbocycles. The van der Waals surface area contributed by atoms with Crippen molar-refractivity contribution in [2.45, 2.75) is 9.79 Å². The van der Waals surface area contributed by atoms with Gasteiger partial charge in [-0.25, -0.2) is 4.39 Å². The van der Waals surface area contributed by atoms with Gasteiger partial charge in [0.05, 0.1) is 17.2 Å². The van der Waals surface area contributed by atoms with Crippen molar-refractivity contribution < 1.29 is 23.5 Å². The molecule has 6 nitrogen and oxygen atoms in total. The van der Waals surface area contributed by atoms with Gasteiger partial charge < -0.3 is 15.8 Å². The zero-order valence-electron chi connectivity index (χ0n) is 14.1. The number of rotatable bonds is 9. The van der Waals surface area contributed by atoms with Gasteiger partial charge in [-0.2, -0.15) is 0 Å². The van der Waals surface area contributed by atoms with Crippen LogP contribution in [0, 0.1) is 5.82 Å². The van der Waals surface area contributed by atoms with Crippen molar-refractivity contribution in [2.75, 3.05) is 23.4 Å². The molecule has 2 rings (SSSR count). The molecule has 27 heavy (non-hydrogen) atoms. The summed E-state index contributed by atoms with van der Waals surface area (Å²) in [4.78, 5) is 35.6. The number of nitrogens with two attached hydrogens (primary N) is 1. The van der Waals surface area contributed by atoms with Gasteiger partial charge in [-0.3, -0.25) is 14.4 Å². The van der Waals surface area contributed by atoms with Crippen LogP contribution in [-0.4, -0.2) is 35.9 Å². The van der Waals surface area contributed by atoms with Gasteiger partial charge in [0.2, 0.25) is 5.91 Å². The van der Waals surface area contributed by atoms with Gasteiger partial charge in [-0.1, -0.05) is 24.3 Å². The number of anilines is 1. The Morgan fingerprint density at radius 1 is 0.963 bits per heavy atom. The Morgan fingerprint density at radius 2 is 1.59 bits per heavy atom. The molecule has 0 saturated heterocycles. The third-order valence-corrected chi connectivity index (χ3v) is 5.20. The van der Waals surface area contributed by atoms with Gasteiger partial charge in [0.25, 0.3) is 5.91 Å². The third-order valence-electron chi connectivity index (χ3n) is 3.08. The maximum Gasteiger partial charge on any atom is 0.316 e. The highest BCUT2D eigenvalue weighted by Crippen LogP contribution is 2.26. The van der Waals surface area contributed by atoms with Crippen LogP contribution in [0.4, 0.5) is 10.1 Å². The number of para-hydroxylation sites is 1. The molecule has 0 spiro atoms. The lowest BCUT2D eigenvalue weighted by Gasteiger charge is -2.10. The number of hydrogen-bond donors (Lipinski definition) is 2. The highest BCUT2D eigenvalue weighted by molar-refractivity contribution is 8.00. The highest BCUT2D eigenvalue weighted by Gasteiger charge is 2.12. The molecule has 2 amide bonds. The van der Waals surface area contributed by atoms with E-state index in [1.165, 1.54) is 17.8 Å². The molecular formula is C18H17FN2O4S2. The number of thioether (sulfide) groups is 2. The number of primary amides is 1. The van der Waals surface area contributed by atoms with Crippen molar-refractivity contribution >= 4 is 47.0 Å². The van der Waals surface area contributed by atoms with Crippen molar-refractivity contribution in [3.63, 3.8) is 0 Å². The van der Waals surface area contributed by atoms with E-state index in [9.17, 15) is 18.8 Å². The summed E-state index contributed by atoms with van der Waals surface area (Å²) in [7, 11) is 0. The van der Waals surface area contributed by atoms with Gasteiger partial charge in [0, 0.05) is 9.79 Å². The molecule has 0 fully saturated rings. The lowest BCUT2D eigenvalue weighted by molar-refractivity contribution is -0.144. The highest BCUT2D eigenvalue weighted by atomic mass is 32.2. The van der Waals surface area contributed by atoms with Crippen LogP contribution in [0.15, 0.2) is 58.3 Å². The summed E-state index contributed by atoms with van der Waals surface area (Å²) in [5.74, 6) is -2.07. The lowest BCUT2D eigenvalue weighted by Crippen LogP contribution is -2.22. The van der Waals surface area contributed by atoms with E-state index in [0.717, 1.165) is 11.8 Å². The molecule has 0 saturated carbocycles. The minimum absolute atomic E-state index is 0.0785. The van der Waals surface area contributed by atoms with Crippen LogP contribution in [0.25, 0.3) is 0 Å². The molecule has 142 valence electrons. The van der Waals surface area contributed by atoms with Gasteiger partial charge >= 0.3 is 5.97 Å². The number of esters is 1. The molecular weight excluding hydrogens is 391 g/mol. The molecule has 0 aliphatic rings. The number of carbonyl (C=O) groups is 3. The van der Waals surface area contributed by atoms with E-state index in [4.69, 9.17) is 10.5 Å².